The number of amides is 2. The molecule has 2 amide bonds. The highest BCUT2D eigenvalue weighted by Crippen LogP contribution is 2.31. The van der Waals surface area contributed by atoms with Crippen LogP contribution in [0.15, 0.2) is 29.3 Å². The molecule has 1 atom stereocenters. The zero-order chi connectivity index (χ0) is 22.2. The van der Waals surface area contributed by atoms with Gasteiger partial charge >= 0.3 is 6.09 Å². The van der Waals surface area contributed by atoms with Gasteiger partial charge in [0.1, 0.15) is 12.3 Å². The van der Waals surface area contributed by atoms with Gasteiger partial charge in [0.25, 0.3) is 0 Å². The predicted molar refractivity (Wildman–Crippen MR) is 118 cm³/mol. The quantitative estimate of drug-likeness (QED) is 0.545. The molecule has 9 heteroatoms. The number of carbonyl (C=O) groups excluding carboxylic acids is 2. The number of hydrogen-bond acceptors (Lipinski definition) is 5. The first-order valence-corrected chi connectivity index (χ1v) is 10.9. The Kier molecular flexibility index (Phi) is 7.97. The van der Waals surface area contributed by atoms with Crippen molar-refractivity contribution < 1.29 is 19.1 Å². The lowest BCUT2D eigenvalue weighted by Gasteiger charge is -2.34. The molecule has 2 aliphatic rings. The molecule has 0 radical (unpaired) electrons. The summed E-state index contributed by atoms with van der Waals surface area (Å²) in [7, 11) is 3.44. The summed E-state index contributed by atoms with van der Waals surface area (Å²) in [6.45, 7) is 4.13. The smallest absolute Gasteiger partial charge is 0.409 e. The number of aliphatic imine (C=N–C) groups is 1. The maximum absolute atomic E-state index is 12.1. The summed E-state index contributed by atoms with van der Waals surface area (Å²) in [5, 5.41) is 6.96. The van der Waals surface area contributed by atoms with Crippen LogP contribution in [0.5, 0.6) is 5.75 Å². The van der Waals surface area contributed by atoms with E-state index in [9.17, 15) is 9.59 Å². The van der Waals surface area contributed by atoms with E-state index in [-0.39, 0.29) is 30.6 Å². The monoisotopic (exact) mass is 431 g/mol. The van der Waals surface area contributed by atoms with E-state index in [0.717, 1.165) is 30.6 Å². The lowest BCUT2D eigenvalue weighted by molar-refractivity contribution is -0.127. The van der Waals surface area contributed by atoms with E-state index in [1.165, 1.54) is 4.90 Å². The van der Waals surface area contributed by atoms with E-state index < -0.39 is 0 Å². The van der Waals surface area contributed by atoms with Crippen molar-refractivity contribution in [1.29, 1.82) is 0 Å². The third-order valence-corrected chi connectivity index (χ3v) is 5.50. The number of nitrogens with one attached hydrogen (secondary N) is 2. The minimum absolute atomic E-state index is 0.0466. The summed E-state index contributed by atoms with van der Waals surface area (Å²) >= 11 is 0. The molecule has 1 aromatic rings. The van der Waals surface area contributed by atoms with Crippen molar-refractivity contribution in [3.8, 4) is 5.75 Å². The molecule has 1 aromatic carbocycles. The molecule has 2 heterocycles. The van der Waals surface area contributed by atoms with E-state index in [2.05, 4.69) is 15.6 Å². The van der Waals surface area contributed by atoms with Gasteiger partial charge < -0.3 is 29.9 Å². The fraction of sp³-hybridized carbons (Fsp3) is 0.591. The molecular formula is C22H33N5O4. The van der Waals surface area contributed by atoms with Gasteiger partial charge in [0.2, 0.25) is 5.91 Å². The molecule has 2 aliphatic heterocycles. The van der Waals surface area contributed by atoms with Gasteiger partial charge in [0.15, 0.2) is 5.96 Å². The van der Waals surface area contributed by atoms with Gasteiger partial charge in [-0.1, -0.05) is 18.2 Å². The Bertz CT molecular complexity index is 790. The molecule has 170 valence electrons. The van der Waals surface area contributed by atoms with Crippen LogP contribution in [0.2, 0.25) is 0 Å². The van der Waals surface area contributed by atoms with Crippen LogP contribution in [-0.4, -0.2) is 80.7 Å². The Balaban J connectivity index is 1.66. The minimum atomic E-state index is -0.261. The summed E-state index contributed by atoms with van der Waals surface area (Å²) in [4.78, 5) is 31.8. The van der Waals surface area contributed by atoms with Gasteiger partial charge in [-0.3, -0.25) is 4.79 Å². The summed E-state index contributed by atoms with van der Waals surface area (Å²) in [5.41, 5.74) is 1.08. The van der Waals surface area contributed by atoms with Gasteiger partial charge in [-0.05, 0) is 25.8 Å². The second-order valence-electron chi connectivity index (χ2n) is 7.93. The Labute approximate surface area is 183 Å². The Hall–Kier alpha value is -2.97. The number of guanidine groups is 1. The van der Waals surface area contributed by atoms with Gasteiger partial charge in [-0.25, -0.2) is 9.79 Å². The van der Waals surface area contributed by atoms with Crippen LogP contribution in [0.25, 0.3) is 0 Å². The van der Waals surface area contributed by atoms with E-state index in [4.69, 9.17) is 9.47 Å². The van der Waals surface area contributed by atoms with E-state index in [0.29, 0.717) is 32.3 Å². The number of likely N-dealkylation sites (N-methyl/N-ethyl adjacent to an activating group) is 1. The fourth-order valence-corrected chi connectivity index (χ4v) is 3.69. The van der Waals surface area contributed by atoms with Crippen molar-refractivity contribution in [2.75, 3.05) is 46.9 Å². The van der Waals surface area contributed by atoms with Crippen LogP contribution in [0.4, 0.5) is 4.79 Å². The number of piperidine rings is 1. The van der Waals surface area contributed by atoms with Crippen molar-refractivity contribution in [3.63, 3.8) is 0 Å². The first kappa shape index (κ1) is 22.7. The molecule has 1 fully saturated rings. The first-order valence-electron chi connectivity index (χ1n) is 10.9. The van der Waals surface area contributed by atoms with Gasteiger partial charge in [-0.15, -0.1) is 0 Å². The molecule has 9 nitrogen and oxygen atoms in total. The van der Waals surface area contributed by atoms with Gasteiger partial charge in [0, 0.05) is 45.2 Å². The predicted octanol–water partition coefficient (Wildman–Crippen LogP) is 1.75. The van der Waals surface area contributed by atoms with Crippen LogP contribution in [-0.2, 0) is 9.53 Å². The van der Waals surface area contributed by atoms with Crippen molar-refractivity contribution in [2.45, 2.75) is 38.3 Å². The number of para-hydroxylation sites is 1. The van der Waals surface area contributed by atoms with Crippen LogP contribution < -0.4 is 15.4 Å². The molecule has 0 bridgehead atoms. The Morgan fingerprint density at radius 2 is 1.94 bits per heavy atom. The number of ether oxygens (including phenoxy) is 2. The van der Waals surface area contributed by atoms with E-state index in [1.54, 1.807) is 19.0 Å². The fourth-order valence-electron chi connectivity index (χ4n) is 3.69. The SMILES string of the molecule is CCOC(=O)N1CCC(NC(=NCC(=O)N(C)C)NC2CCOc3ccccc32)CC1. The lowest BCUT2D eigenvalue weighted by atomic mass is 10.0. The minimum Gasteiger partial charge on any atom is -0.493 e. The maximum atomic E-state index is 12.1. The molecule has 3 rings (SSSR count). The topological polar surface area (TPSA) is 95.5 Å². The number of rotatable bonds is 5. The van der Waals surface area contributed by atoms with Gasteiger partial charge in [0.05, 0.1) is 19.3 Å². The number of fused-ring (bicyclic) bond motifs is 1. The van der Waals surface area contributed by atoms with Crippen LogP contribution in [0.3, 0.4) is 0 Å². The number of benzene rings is 1. The molecule has 0 spiro atoms. The lowest BCUT2D eigenvalue weighted by Crippen LogP contribution is -2.51. The zero-order valence-electron chi connectivity index (χ0n) is 18.6. The third-order valence-electron chi connectivity index (χ3n) is 5.50. The normalized spacial score (nSPS) is 19.1. The average molecular weight is 432 g/mol. The van der Waals surface area contributed by atoms with Crippen molar-refractivity contribution >= 4 is 18.0 Å². The second-order valence-corrected chi connectivity index (χ2v) is 7.93. The molecule has 0 aromatic heterocycles. The molecule has 0 aliphatic carbocycles. The second kappa shape index (κ2) is 10.9. The van der Waals surface area contributed by atoms with Crippen molar-refractivity contribution in [1.82, 2.24) is 20.4 Å². The molecule has 1 unspecified atom stereocenters. The first-order chi connectivity index (χ1) is 15.0. The number of hydrogen-bond donors (Lipinski definition) is 2. The summed E-state index contributed by atoms with van der Waals surface area (Å²) in [6, 6.07) is 8.17. The van der Waals surface area contributed by atoms with Crippen LogP contribution in [0.1, 0.15) is 37.8 Å². The van der Waals surface area contributed by atoms with Crippen molar-refractivity contribution in [2.24, 2.45) is 4.99 Å². The number of nitrogens with zero attached hydrogens (tertiary/aromatic N) is 3. The van der Waals surface area contributed by atoms with Crippen LogP contribution in [0, 0.1) is 0 Å². The molecule has 0 saturated carbocycles. The summed E-state index contributed by atoms with van der Waals surface area (Å²) < 4.78 is 10.9. The van der Waals surface area contributed by atoms with E-state index in [1.807, 2.05) is 31.2 Å². The third kappa shape index (κ3) is 6.26. The Morgan fingerprint density at radius 1 is 1.19 bits per heavy atom. The zero-order valence-corrected chi connectivity index (χ0v) is 18.6. The number of carbonyl (C=O) groups is 2. The van der Waals surface area contributed by atoms with Gasteiger partial charge in [-0.2, -0.15) is 0 Å². The van der Waals surface area contributed by atoms with Crippen LogP contribution >= 0.6 is 0 Å². The molecular weight excluding hydrogens is 398 g/mol. The largest absolute Gasteiger partial charge is 0.493 e. The molecule has 1 saturated heterocycles. The summed E-state index contributed by atoms with van der Waals surface area (Å²) in [6.07, 6.45) is 2.11. The molecule has 31 heavy (non-hydrogen) atoms. The van der Waals surface area contributed by atoms with E-state index >= 15 is 0 Å². The van der Waals surface area contributed by atoms with Crippen molar-refractivity contribution in [3.05, 3.63) is 29.8 Å². The maximum Gasteiger partial charge on any atom is 0.409 e. The standard InChI is InChI=1S/C22H33N5O4/c1-4-30-22(29)27-12-9-16(10-13-27)24-21(23-15-20(28)26(2)3)25-18-11-14-31-19-8-6-5-7-17(18)19/h5-8,16,18H,4,9-15H2,1-3H3,(H2,23,24,25). The molecule has 2 N–H and O–H groups in total. The Morgan fingerprint density at radius 3 is 2.65 bits per heavy atom. The average Bonchev–Trinajstić information content (AvgIpc) is 2.78. The highest BCUT2D eigenvalue weighted by Gasteiger charge is 2.26. The highest BCUT2D eigenvalue weighted by atomic mass is 16.6. The number of likely N-dealkylation sites (tertiary alicyclic amines) is 1. The highest BCUT2D eigenvalue weighted by molar-refractivity contribution is 5.85. The summed E-state index contributed by atoms with van der Waals surface area (Å²) in [5.74, 6) is 1.41.